The molecule has 1 fully saturated rings. The third-order valence-corrected chi connectivity index (χ3v) is 9.02. The number of carbonyl (C=O) groups excluding carboxylic acids is 1. The summed E-state index contributed by atoms with van der Waals surface area (Å²) in [6.07, 6.45) is 7.94. The van der Waals surface area contributed by atoms with Crippen LogP contribution >= 0.6 is 11.8 Å². The number of carbonyl (C=O) groups is 2. The van der Waals surface area contributed by atoms with E-state index in [2.05, 4.69) is 10.6 Å². The molecule has 0 aliphatic heterocycles. The van der Waals surface area contributed by atoms with E-state index < -0.39 is 30.1 Å². The fourth-order valence-electron chi connectivity index (χ4n) is 5.99. The second-order valence-electron chi connectivity index (χ2n) is 12.3. The number of hydrogen-bond donors (Lipinski definition) is 5. The Labute approximate surface area is 255 Å². The lowest BCUT2D eigenvalue weighted by molar-refractivity contribution is -0.139. The monoisotopic (exact) mass is 598 g/mol. The van der Waals surface area contributed by atoms with Crippen molar-refractivity contribution in [3.63, 3.8) is 0 Å². The Morgan fingerprint density at radius 3 is 2.38 bits per heavy atom. The topological polar surface area (TPSA) is 119 Å². The Morgan fingerprint density at radius 1 is 1.02 bits per heavy atom. The molecule has 1 aliphatic carbocycles. The Kier molecular flexibility index (Phi) is 13.8. The number of rotatable bonds is 16. The molecule has 42 heavy (non-hydrogen) atoms. The van der Waals surface area contributed by atoms with Crippen LogP contribution in [-0.2, 0) is 11.3 Å². The first-order chi connectivity index (χ1) is 20.1. The van der Waals surface area contributed by atoms with E-state index in [1.165, 1.54) is 19.3 Å². The van der Waals surface area contributed by atoms with Gasteiger partial charge in [-0.25, -0.2) is 4.79 Å². The lowest BCUT2D eigenvalue weighted by Crippen LogP contribution is -2.47. The molecule has 4 atom stereocenters. The van der Waals surface area contributed by atoms with Gasteiger partial charge >= 0.3 is 5.97 Å². The summed E-state index contributed by atoms with van der Waals surface area (Å²) in [6.45, 7) is 6.56. The Morgan fingerprint density at radius 2 is 1.74 bits per heavy atom. The highest BCUT2D eigenvalue weighted by Crippen LogP contribution is 2.31. The number of amides is 1. The first kappa shape index (κ1) is 34.1. The van der Waals surface area contributed by atoms with Crippen LogP contribution in [0.2, 0.25) is 0 Å². The van der Waals surface area contributed by atoms with Gasteiger partial charge in [0, 0.05) is 18.2 Å². The molecule has 0 aromatic heterocycles. The van der Waals surface area contributed by atoms with Crippen molar-refractivity contribution in [2.45, 2.75) is 103 Å². The molecule has 1 saturated carbocycles. The van der Waals surface area contributed by atoms with Crippen LogP contribution < -0.4 is 10.6 Å². The van der Waals surface area contributed by atoms with Gasteiger partial charge in [0.1, 0.15) is 6.04 Å². The van der Waals surface area contributed by atoms with Crippen LogP contribution in [0.1, 0.15) is 86.7 Å². The number of aliphatic carboxylic acids is 1. The zero-order valence-corrected chi connectivity index (χ0v) is 26.5. The average molecular weight is 599 g/mol. The maximum absolute atomic E-state index is 13.4. The van der Waals surface area contributed by atoms with Gasteiger partial charge in [0.05, 0.1) is 12.2 Å². The van der Waals surface area contributed by atoms with E-state index >= 15 is 0 Å². The number of carboxylic acids is 1. The summed E-state index contributed by atoms with van der Waals surface area (Å²) in [5, 5.41) is 37.9. The second-order valence-corrected chi connectivity index (χ2v) is 13.2. The molecule has 0 bridgehead atoms. The van der Waals surface area contributed by atoms with Gasteiger partial charge < -0.3 is 26.0 Å². The van der Waals surface area contributed by atoms with Crippen LogP contribution in [0, 0.1) is 18.8 Å². The van der Waals surface area contributed by atoms with Gasteiger partial charge in [0.15, 0.2) is 0 Å². The minimum absolute atomic E-state index is 0.250. The zero-order valence-electron chi connectivity index (χ0n) is 25.6. The SMILES string of the molecule is CSCC[C@H](NC(=O)c1ccc(CNC(CC2CCCCC2)[C@@H](O)C(O)CC(C)C)cc1-c1ccccc1C)C(=O)O. The third-order valence-electron chi connectivity index (χ3n) is 8.38. The highest BCUT2D eigenvalue weighted by atomic mass is 32.2. The highest BCUT2D eigenvalue weighted by molar-refractivity contribution is 7.98. The molecule has 0 heterocycles. The smallest absolute Gasteiger partial charge is 0.326 e. The maximum atomic E-state index is 13.4. The number of carboxylic acid groups (broad SMARTS) is 1. The van der Waals surface area contributed by atoms with Crippen molar-refractivity contribution in [3.05, 3.63) is 59.2 Å². The second kappa shape index (κ2) is 17.0. The Bertz CT molecular complexity index is 1150. The van der Waals surface area contributed by atoms with E-state index in [1.54, 1.807) is 17.8 Å². The standard InChI is InChI=1S/C34H50N2O5S/c1-22(2)18-31(37)32(38)30(20-24-11-6-5-7-12-24)35-21-25-14-15-27(28(19-25)26-13-9-8-10-23(26)3)33(39)36-29(34(40)41)16-17-42-4/h8-10,13-15,19,22,24,29-32,35,37-38H,5-7,11-12,16-18,20-21H2,1-4H3,(H,36,39)(H,40,41)/t29-,30?,31?,32+/m0/s1. The molecule has 2 aromatic carbocycles. The molecular weight excluding hydrogens is 548 g/mol. The first-order valence-corrected chi connectivity index (χ1v) is 16.8. The number of benzene rings is 2. The van der Waals surface area contributed by atoms with Crippen molar-refractivity contribution in [3.8, 4) is 11.1 Å². The van der Waals surface area contributed by atoms with E-state index in [0.29, 0.717) is 36.6 Å². The number of thioether (sulfide) groups is 1. The summed E-state index contributed by atoms with van der Waals surface area (Å²) in [5.74, 6) is -0.0194. The lowest BCUT2D eigenvalue weighted by Gasteiger charge is -2.33. The van der Waals surface area contributed by atoms with Crippen molar-refractivity contribution in [1.82, 2.24) is 10.6 Å². The summed E-state index contributed by atoms with van der Waals surface area (Å²) >= 11 is 1.54. The molecule has 0 spiro atoms. The number of aryl methyl sites for hydroxylation is 1. The third kappa shape index (κ3) is 10.1. The number of aliphatic hydroxyl groups is 2. The van der Waals surface area contributed by atoms with Crippen molar-refractivity contribution < 1.29 is 24.9 Å². The average Bonchev–Trinajstić information content (AvgIpc) is 2.97. The summed E-state index contributed by atoms with van der Waals surface area (Å²) in [5.41, 5.74) is 4.03. The summed E-state index contributed by atoms with van der Waals surface area (Å²) in [6, 6.07) is 12.3. The normalized spacial score (nSPS) is 17.0. The highest BCUT2D eigenvalue weighted by Gasteiger charge is 2.30. The van der Waals surface area contributed by atoms with Crippen LogP contribution in [0.5, 0.6) is 0 Å². The van der Waals surface area contributed by atoms with Gasteiger partial charge in [0.2, 0.25) is 0 Å². The molecule has 2 unspecified atom stereocenters. The van der Waals surface area contributed by atoms with Crippen LogP contribution in [-0.4, -0.2) is 63.5 Å². The van der Waals surface area contributed by atoms with Gasteiger partial charge in [-0.2, -0.15) is 11.8 Å². The molecule has 7 nitrogen and oxygen atoms in total. The van der Waals surface area contributed by atoms with Crippen molar-refractivity contribution in [2.24, 2.45) is 11.8 Å². The number of aliphatic hydroxyl groups excluding tert-OH is 2. The van der Waals surface area contributed by atoms with Crippen LogP contribution in [0.15, 0.2) is 42.5 Å². The molecule has 232 valence electrons. The molecule has 0 saturated heterocycles. The molecule has 3 rings (SSSR count). The van der Waals surface area contributed by atoms with E-state index in [4.69, 9.17) is 0 Å². The molecule has 5 N–H and O–H groups in total. The minimum atomic E-state index is -1.04. The Balaban J connectivity index is 1.87. The molecule has 2 aromatic rings. The lowest BCUT2D eigenvalue weighted by atomic mass is 9.82. The van der Waals surface area contributed by atoms with Crippen molar-refractivity contribution in [1.29, 1.82) is 0 Å². The van der Waals surface area contributed by atoms with Crippen molar-refractivity contribution >= 4 is 23.6 Å². The van der Waals surface area contributed by atoms with E-state index in [1.807, 2.05) is 63.4 Å². The maximum Gasteiger partial charge on any atom is 0.326 e. The van der Waals surface area contributed by atoms with Gasteiger partial charge in [-0.1, -0.05) is 76.3 Å². The van der Waals surface area contributed by atoms with Gasteiger partial charge in [-0.3, -0.25) is 4.79 Å². The Hall–Kier alpha value is -2.39. The fraction of sp³-hybridized carbons (Fsp3) is 0.588. The fourth-order valence-corrected chi connectivity index (χ4v) is 6.46. The van der Waals surface area contributed by atoms with Gasteiger partial charge in [-0.05, 0) is 84.4 Å². The van der Waals surface area contributed by atoms with Gasteiger partial charge in [-0.15, -0.1) is 0 Å². The number of nitrogens with one attached hydrogen (secondary N) is 2. The predicted molar refractivity (Wildman–Crippen MR) is 172 cm³/mol. The minimum Gasteiger partial charge on any atom is -0.480 e. The van der Waals surface area contributed by atoms with Crippen molar-refractivity contribution in [2.75, 3.05) is 12.0 Å². The summed E-state index contributed by atoms with van der Waals surface area (Å²) < 4.78 is 0. The molecule has 1 amide bonds. The molecule has 8 heteroatoms. The van der Waals surface area contributed by atoms with E-state index in [-0.39, 0.29) is 12.0 Å². The largest absolute Gasteiger partial charge is 0.480 e. The zero-order chi connectivity index (χ0) is 30.6. The van der Waals surface area contributed by atoms with Gasteiger partial charge in [0.25, 0.3) is 5.91 Å². The number of hydrogen-bond acceptors (Lipinski definition) is 6. The quantitative estimate of drug-likeness (QED) is 0.166. The van der Waals surface area contributed by atoms with E-state index in [0.717, 1.165) is 41.5 Å². The summed E-state index contributed by atoms with van der Waals surface area (Å²) in [4.78, 5) is 25.2. The summed E-state index contributed by atoms with van der Waals surface area (Å²) in [7, 11) is 0. The first-order valence-electron chi connectivity index (χ1n) is 15.4. The molecule has 1 aliphatic rings. The predicted octanol–water partition coefficient (Wildman–Crippen LogP) is 5.79. The molecular formula is C34H50N2O5S. The van der Waals surface area contributed by atoms with E-state index in [9.17, 15) is 24.9 Å². The molecule has 0 radical (unpaired) electrons. The van der Waals surface area contributed by atoms with Crippen LogP contribution in [0.3, 0.4) is 0 Å². The van der Waals surface area contributed by atoms with Crippen LogP contribution in [0.4, 0.5) is 0 Å². The van der Waals surface area contributed by atoms with Crippen LogP contribution in [0.25, 0.3) is 11.1 Å².